The van der Waals surface area contributed by atoms with Gasteiger partial charge in [0.2, 0.25) is 0 Å². The highest BCUT2D eigenvalue weighted by Gasteiger charge is 2.39. The van der Waals surface area contributed by atoms with Gasteiger partial charge in [-0.1, -0.05) is 12.1 Å². The first-order valence-corrected chi connectivity index (χ1v) is 6.71. The van der Waals surface area contributed by atoms with E-state index in [9.17, 15) is 14.4 Å². The highest BCUT2D eigenvalue weighted by molar-refractivity contribution is 6.15. The van der Waals surface area contributed by atoms with Crippen LogP contribution < -0.4 is 10.6 Å². The van der Waals surface area contributed by atoms with Crippen LogP contribution in [0.1, 0.15) is 29.8 Å². The zero-order chi connectivity index (χ0) is 15.9. The molecule has 22 heavy (non-hydrogen) atoms. The van der Waals surface area contributed by atoms with Gasteiger partial charge < -0.3 is 20.1 Å². The van der Waals surface area contributed by atoms with E-state index in [1.165, 1.54) is 20.0 Å². The molecular weight excluding hydrogens is 288 g/mol. The smallest absolute Gasteiger partial charge is 0.350 e. The molecule has 3 rings (SSSR count). The van der Waals surface area contributed by atoms with Gasteiger partial charge in [-0.2, -0.15) is 0 Å². The van der Waals surface area contributed by atoms with Crippen LogP contribution in [0, 0.1) is 0 Å². The molecule has 1 saturated heterocycles. The van der Waals surface area contributed by atoms with Gasteiger partial charge in [0.25, 0.3) is 11.7 Å². The van der Waals surface area contributed by atoms with E-state index >= 15 is 0 Å². The van der Waals surface area contributed by atoms with Gasteiger partial charge in [0.15, 0.2) is 5.57 Å². The van der Waals surface area contributed by atoms with Crippen molar-refractivity contribution < 1.29 is 23.9 Å². The highest BCUT2D eigenvalue weighted by Crippen LogP contribution is 2.26. The third-order valence-electron chi connectivity index (χ3n) is 3.31. The Morgan fingerprint density at radius 3 is 2.55 bits per heavy atom. The summed E-state index contributed by atoms with van der Waals surface area (Å²) in [7, 11) is 0. The third-order valence-corrected chi connectivity index (χ3v) is 3.31. The molecule has 1 aromatic rings. The fraction of sp³-hybridized carbons (Fsp3) is 0.267. The second-order valence-corrected chi connectivity index (χ2v) is 5.40. The molecule has 7 nitrogen and oxygen atoms in total. The normalized spacial score (nSPS) is 19.0. The number of esters is 2. The van der Waals surface area contributed by atoms with E-state index in [2.05, 4.69) is 10.6 Å². The molecule has 2 N–H and O–H groups in total. The maximum atomic E-state index is 11.8. The van der Waals surface area contributed by atoms with Gasteiger partial charge in [-0.15, -0.1) is 0 Å². The lowest BCUT2D eigenvalue weighted by atomic mass is 10.1. The zero-order valence-corrected chi connectivity index (χ0v) is 12.1. The van der Waals surface area contributed by atoms with Crippen LogP contribution in [0.5, 0.6) is 0 Å². The molecule has 1 aromatic carbocycles. The Morgan fingerprint density at radius 1 is 1.18 bits per heavy atom. The second kappa shape index (κ2) is 4.87. The van der Waals surface area contributed by atoms with Crippen molar-refractivity contribution in [3.05, 3.63) is 41.1 Å². The maximum absolute atomic E-state index is 11.8. The summed E-state index contributed by atoms with van der Waals surface area (Å²) in [5.74, 6) is -3.03. The molecule has 2 aliphatic rings. The van der Waals surface area contributed by atoms with E-state index < -0.39 is 17.7 Å². The molecule has 0 atom stereocenters. The highest BCUT2D eigenvalue weighted by atomic mass is 16.7. The number of hydrogen-bond donors (Lipinski definition) is 2. The number of fused-ring (bicyclic) bond motifs is 1. The molecule has 1 amide bonds. The summed E-state index contributed by atoms with van der Waals surface area (Å²) in [6, 6.07) is 5.29. The first-order chi connectivity index (χ1) is 10.4. The van der Waals surface area contributed by atoms with Crippen LogP contribution in [0.4, 0.5) is 5.69 Å². The number of rotatable bonds is 2. The number of nitrogens with one attached hydrogen (secondary N) is 2. The molecule has 0 aliphatic carbocycles. The molecule has 7 heteroatoms. The van der Waals surface area contributed by atoms with Crippen molar-refractivity contribution in [2.45, 2.75) is 26.2 Å². The van der Waals surface area contributed by atoms with E-state index in [1.807, 2.05) is 6.07 Å². The number of ether oxygens (including phenoxy) is 2. The van der Waals surface area contributed by atoms with E-state index in [-0.39, 0.29) is 11.5 Å². The van der Waals surface area contributed by atoms with Crippen LogP contribution in [0.3, 0.4) is 0 Å². The summed E-state index contributed by atoms with van der Waals surface area (Å²) in [6.45, 7) is 3.40. The Balaban J connectivity index is 1.87. The lowest BCUT2D eigenvalue weighted by Crippen LogP contribution is -2.42. The molecule has 2 aliphatic heterocycles. The molecular formula is C15H14N2O5. The second-order valence-electron chi connectivity index (χ2n) is 5.40. The molecule has 1 fully saturated rings. The number of cyclic esters (lactones) is 2. The lowest BCUT2D eigenvalue weighted by Gasteiger charge is -2.29. The number of benzene rings is 1. The van der Waals surface area contributed by atoms with Crippen molar-refractivity contribution in [2.75, 3.05) is 5.32 Å². The van der Waals surface area contributed by atoms with Crippen molar-refractivity contribution in [1.29, 1.82) is 0 Å². The minimum absolute atomic E-state index is 0.202. The fourth-order valence-electron chi connectivity index (χ4n) is 2.33. The summed E-state index contributed by atoms with van der Waals surface area (Å²) >= 11 is 0. The Morgan fingerprint density at radius 2 is 1.86 bits per heavy atom. The molecule has 0 saturated carbocycles. The Labute approximate surface area is 126 Å². The van der Waals surface area contributed by atoms with E-state index in [4.69, 9.17) is 9.47 Å². The molecule has 0 unspecified atom stereocenters. The SMILES string of the molecule is CC1(C)OC(=O)C(=CNc2cccc3c2C(=O)NC3)C(=O)O1. The fourth-order valence-corrected chi connectivity index (χ4v) is 2.33. The number of amides is 1. The van der Waals surface area contributed by atoms with Crippen LogP contribution in [0.2, 0.25) is 0 Å². The molecule has 114 valence electrons. The third kappa shape index (κ3) is 2.41. The summed E-state index contributed by atoms with van der Waals surface area (Å²) in [5.41, 5.74) is 1.60. The molecule has 0 radical (unpaired) electrons. The van der Waals surface area contributed by atoms with Crippen LogP contribution >= 0.6 is 0 Å². The standard InChI is InChI=1S/C15H14N2O5/c1-15(2)21-13(19)9(14(20)22-15)7-16-10-5-3-4-8-6-17-12(18)11(8)10/h3-5,7,16H,6H2,1-2H3,(H,17,18). The van der Waals surface area contributed by atoms with Gasteiger partial charge in [0.1, 0.15) is 0 Å². The van der Waals surface area contributed by atoms with Crippen LogP contribution in [0.15, 0.2) is 30.0 Å². The van der Waals surface area contributed by atoms with Gasteiger partial charge >= 0.3 is 11.9 Å². The van der Waals surface area contributed by atoms with Crippen molar-refractivity contribution in [2.24, 2.45) is 0 Å². The van der Waals surface area contributed by atoms with Gasteiger partial charge in [0, 0.05) is 26.6 Å². The first-order valence-electron chi connectivity index (χ1n) is 6.71. The minimum Gasteiger partial charge on any atom is -0.419 e. The van der Waals surface area contributed by atoms with Gasteiger partial charge in [-0.05, 0) is 11.6 Å². The molecule has 2 heterocycles. The predicted molar refractivity (Wildman–Crippen MR) is 75.6 cm³/mol. The first kappa shape index (κ1) is 14.1. The van der Waals surface area contributed by atoms with Crippen molar-refractivity contribution >= 4 is 23.5 Å². The van der Waals surface area contributed by atoms with Gasteiger partial charge in [0.05, 0.1) is 11.3 Å². The van der Waals surface area contributed by atoms with Crippen LogP contribution in [-0.2, 0) is 25.6 Å². The number of carbonyl (C=O) groups is 3. The number of anilines is 1. The quantitative estimate of drug-likeness (QED) is 0.482. The van der Waals surface area contributed by atoms with Crippen molar-refractivity contribution in [3.63, 3.8) is 0 Å². The maximum Gasteiger partial charge on any atom is 0.350 e. The summed E-state index contributed by atoms with van der Waals surface area (Å²) < 4.78 is 9.98. The van der Waals surface area contributed by atoms with Gasteiger partial charge in [-0.3, -0.25) is 4.79 Å². The number of hydrogen-bond acceptors (Lipinski definition) is 6. The van der Waals surface area contributed by atoms with Crippen LogP contribution in [-0.4, -0.2) is 23.6 Å². The predicted octanol–water partition coefficient (Wildman–Crippen LogP) is 1.06. The monoisotopic (exact) mass is 302 g/mol. The van der Waals surface area contributed by atoms with E-state index in [0.29, 0.717) is 17.8 Å². The Bertz CT molecular complexity index is 699. The molecule has 0 spiro atoms. The summed E-state index contributed by atoms with van der Waals surface area (Å²) in [6.07, 6.45) is 1.20. The average molecular weight is 302 g/mol. The zero-order valence-electron chi connectivity index (χ0n) is 12.1. The number of carbonyl (C=O) groups excluding carboxylic acids is 3. The Hall–Kier alpha value is -2.83. The van der Waals surface area contributed by atoms with Crippen LogP contribution in [0.25, 0.3) is 0 Å². The van der Waals surface area contributed by atoms with Crippen molar-refractivity contribution in [1.82, 2.24) is 5.32 Å². The van der Waals surface area contributed by atoms with E-state index in [1.54, 1.807) is 12.1 Å². The molecule has 0 aromatic heterocycles. The van der Waals surface area contributed by atoms with E-state index in [0.717, 1.165) is 5.56 Å². The summed E-state index contributed by atoms with van der Waals surface area (Å²) in [5, 5.41) is 5.52. The largest absolute Gasteiger partial charge is 0.419 e. The summed E-state index contributed by atoms with van der Waals surface area (Å²) in [4.78, 5) is 35.5. The minimum atomic E-state index is -1.28. The molecule has 0 bridgehead atoms. The average Bonchev–Trinajstić information content (AvgIpc) is 2.79. The lowest BCUT2D eigenvalue weighted by molar-refractivity contribution is -0.222. The Kier molecular flexibility index (Phi) is 3.13. The topological polar surface area (TPSA) is 93.7 Å². The van der Waals surface area contributed by atoms with Gasteiger partial charge in [-0.25, -0.2) is 9.59 Å². The van der Waals surface area contributed by atoms with Crippen molar-refractivity contribution in [3.8, 4) is 0 Å².